The topological polar surface area (TPSA) is 64.7 Å². The summed E-state index contributed by atoms with van der Waals surface area (Å²) in [5.41, 5.74) is 2.65. The Bertz CT molecular complexity index is 708. The number of piperidine rings is 1. The number of hydrogen-bond donors (Lipinski definition) is 2. The van der Waals surface area contributed by atoms with Gasteiger partial charge < -0.3 is 15.5 Å². The van der Waals surface area contributed by atoms with Crippen molar-refractivity contribution in [3.05, 3.63) is 35.4 Å². The molecule has 2 atom stereocenters. The molecule has 1 aromatic carbocycles. The van der Waals surface area contributed by atoms with E-state index < -0.39 is 0 Å². The molecule has 0 radical (unpaired) electrons. The van der Waals surface area contributed by atoms with Crippen LogP contribution in [0.1, 0.15) is 36.8 Å². The molecule has 0 spiro atoms. The van der Waals surface area contributed by atoms with E-state index in [9.17, 15) is 9.59 Å². The minimum absolute atomic E-state index is 0. The maximum atomic E-state index is 12.8. The largest absolute Gasteiger partial charge is 0.354 e. The molecule has 6 nitrogen and oxygen atoms in total. The first-order valence-electron chi connectivity index (χ1n) is 10.8. The Morgan fingerprint density at radius 2 is 1.93 bits per heavy atom. The van der Waals surface area contributed by atoms with Crippen molar-refractivity contribution in [2.24, 2.45) is 5.92 Å². The van der Waals surface area contributed by atoms with E-state index in [1.54, 1.807) is 0 Å². The fraction of sp³-hybridized carbons (Fsp3) is 0.636. The van der Waals surface area contributed by atoms with Crippen molar-refractivity contribution in [2.75, 3.05) is 39.3 Å². The third-order valence-corrected chi connectivity index (χ3v) is 6.39. The highest BCUT2D eigenvalue weighted by Crippen LogP contribution is 2.20. The molecule has 0 aromatic heterocycles. The predicted octanol–water partition coefficient (Wildman–Crippen LogP) is 1.57. The van der Waals surface area contributed by atoms with Gasteiger partial charge in [-0.15, -0.1) is 12.4 Å². The minimum atomic E-state index is -0.0109. The number of carbonyl (C=O) groups is 2. The molecule has 0 bridgehead atoms. The monoisotopic (exact) mass is 420 g/mol. The van der Waals surface area contributed by atoms with Crippen LogP contribution in [-0.2, 0) is 22.6 Å². The number of nitrogens with zero attached hydrogens (tertiary/aromatic N) is 2. The van der Waals surface area contributed by atoms with Crippen LogP contribution in [0.3, 0.4) is 0 Å². The lowest BCUT2D eigenvalue weighted by atomic mass is 9.97. The molecular weight excluding hydrogens is 388 g/mol. The zero-order chi connectivity index (χ0) is 19.3. The van der Waals surface area contributed by atoms with Crippen LogP contribution in [0.2, 0.25) is 0 Å². The zero-order valence-electron chi connectivity index (χ0n) is 17.1. The van der Waals surface area contributed by atoms with E-state index in [1.807, 2.05) is 4.90 Å². The van der Waals surface area contributed by atoms with Crippen LogP contribution in [0.4, 0.5) is 0 Å². The van der Waals surface area contributed by atoms with Crippen molar-refractivity contribution < 1.29 is 9.59 Å². The van der Waals surface area contributed by atoms with E-state index in [4.69, 9.17) is 0 Å². The van der Waals surface area contributed by atoms with Crippen molar-refractivity contribution in [3.8, 4) is 0 Å². The summed E-state index contributed by atoms with van der Waals surface area (Å²) >= 11 is 0. The molecule has 2 unspecified atom stereocenters. The summed E-state index contributed by atoms with van der Waals surface area (Å²) in [6, 6.07) is 8.42. The summed E-state index contributed by atoms with van der Waals surface area (Å²) in [6.45, 7) is 5.58. The second-order valence-corrected chi connectivity index (χ2v) is 8.47. The van der Waals surface area contributed by atoms with Gasteiger partial charge in [-0.25, -0.2) is 0 Å². The van der Waals surface area contributed by atoms with Crippen LogP contribution in [0, 0.1) is 5.92 Å². The van der Waals surface area contributed by atoms with Gasteiger partial charge in [0.25, 0.3) is 0 Å². The molecule has 3 heterocycles. The summed E-state index contributed by atoms with van der Waals surface area (Å²) in [6.07, 6.45) is 5.19. The number of hydrogen-bond acceptors (Lipinski definition) is 4. The smallest absolute Gasteiger partial charge is 0.237 e. The highest BCUT2D eigenvalue weighted by Gasteiger charge is 2.27. The molecule has 0 aliphatic carbocycles. The Hall–Kier alpha value is -1.63. The highest BCUT2D eigenvalue weighted by molar-refractivity contribution is 5.85. The number of fused-ring (bicyclic) bond motifs is 1. The van der Waals surface area contributed by atoms with E-state index in [-0.39, 0.29) is 30.3 Å². The van der Waals surface area contributed by atoms with Crippen LogP contribution >= 0.6 is 12.4 Å². The zero-order valence-corrected chi connectivity index (χ0v) is 17.9. The molecule has 2 N–H and O–H groups in total. The third kappa shape index (κ3) is 5.71. The number of nitrogens with one attached hydrogen (secondary N) is 2. The molecule has 29 heavy (non-hydrogen) atoms. The van der Waals surface area contributed by atoms with Crippen LogP contribution in [-0.4, -0.2) is 66.9 Å². The van der Waals surface area contributed by atoms with E-state index >= 15 is 0 Å². The molecule has 0 saturated carbocycles. The summed E-state index contributed by atoms with van der Waals surface area (Å²) in [4.78, 5) is 29.3. The van der Waals surface area contributed by atoms with Gasteiger partial charge in [0.2, 0.25) is 11.8 Å². The van der Waals surface area contributed by atoms with E-state index in [1.165, 1.54) is 11.1 Å². The second-order valence-electron chi connectivity index (χ2n) is 8.47. The lowest BCUT2D eigenvalue weighted by Gasteiger charge is -2.35. The average molecular weight is 421 g/mol. The van der Waals surface area contributed by atoms with Gasteiger partial charge in [-0.1, -0.05) is 24.3 Å². The first-order chi connectivity index (χ1) is 13.7. The highest BCUT2D eigenvalue weighted by atomic mass is 35.5. The van der Waals surface area contributed by atoms with Gasteiger partial charge >= 0.3 is 0 Å². The summed E-state index contributed by atoms with van der Waals surface area (Å²) < 4.78 is 0. The number of benzene rings is 1. The number of carbonyl (C=O) groups excluding carboxylic acids is 2. The first kappa shape index (κ1) is 22.1. The Kier molecular flexibility index (Phi) is 7.92. The molecule has 160 valence electrons. The van der Waals surface area contributed by atoms with Crippen molar-refractivity contribution in [1.82, 2.24) is 20.4 Å². The van der Waals surface area contributed by atoms with Crippen molar-refractivity contribution >= 4 is 24.2 Å². The molecule has 7 heteroatoms. The summed E-state index contributed by atoms with van der Waals surface area (Å²) in [5.74, 6) is 0.806. The Morgan fingerprint density at radius 1 is 1.10 bits per heavy atom. The third-order valence-electron chi connectivity index (χ3n) is 6.39. The molecule has 1 aromatic rings. The number of rotatable bonds is 5. The Labute approximate surface area is 179 Å². The molecule has 2 fully saturated rings. The van der Waals surface area contributed by atoms with Gasteiger partial charge in [-0.3, -0.25) is 14.5 Å². The van der Waals surface area contributed by atoms with Gasteiger partial charge in [-0.05, 0) is 62.2 Å². The molecular formula is C22H33ClN4O2. The van der Waals surface area contributed by atoms with Crippen molar-refractivity contribution in [1.29, 1.82) is 0 Å². The summed E-state index contributed by atoms with van der Waals surface area (Å²) in [7, 11) is 0. The van der Waals surface area contributed by atoms with E-state index in [0.717, 1.165) is 71.4 Å². The first-order valence-corrected chi connectivity index (χ1v) is 10.8. The van der Waals surface area contributed by atoms with Gasteiger partial charge in [0.1, 0.15) is 0 Å². The second kappa shape index (κ2) is 10.4. The van der Waals surface area contributed by atoms with E-state index in [0.29, 0.717) is 12.5 Å². The number of halogens is 1. The molecule has 3 aliphatic rings. The van der Waals surface area contributed by atoms with Crippen LogP contribution in [0.5, 0.6) is 0 Å². The number of likely N-dealkylation sites (tertiary alicyclic amines) is 1. The normalized spacial score (nSPS) is 24.5. The van der Waals surface area contributed by atoms with Crippen LogP contribution < -0.4 is 10.6 Å². The van der Waals surface area contributed by atoms with Crippen molar-refractivity contribution in [3.63, 3.8) is 0 Å². The Morgan fingerprint density at radius 3 is 2.72 bits per heavy atom. The lowest BCUT2D eigenvalue weighted by molar-refractivity contribution is -0.134. The Balaban J connectivity index is 0.00000240. The summed E-state index contributed by atoms with van der Waals surface area (Å²) in [5, 5.41) is 6.37. The maximum absolute atomic E-state index is 12.8. The van der Waals surface area contributed by atoms with E-state index in [2.05, 4.69) is 39.8 Å². The molecule has 2 amide bonds. The van der Waals surface area contributed by atoms with Gasteiger partial charge in [-0.2, -0.15) is 0 Å². The van der Waals surface area contributed by atoms with Crippen LogP contribution in [0.25, 0.3) is 0 Å². The fourth-order valence-corrected chi connectivity index (χ4v) is 4.74. The SMILES string of the molecule is Cl.O=C(NCC1CCCN(CC(=O)N2CCc3ccccc3C2)C1)C1CCCN1. The van der Waals surface area contributed by atoms with Gasteiger partial charge in [0.05, 0.1) is 12.6 Å². The molecule has 3 aliphatic heterocycles. The molecule has 4 rings (SSSR count). The average Bonchev–Trinajstić information content (AvgIpc) is 3.27. The predicted molar refractivity (Wildman–Crippen MR) is 116 cm³/mol. The van der Waals surface area contributed by atoms with Gasteiger partial charge in [0.15, 0.2) is 0 Å². The fourth-order valence-electron chi connectivity index (χ4n) is 4.74. The maximum Gasteiger partial charge on any atom is 0.237 e. The van der Waals surface area contributed by atoms with Crippen LogP contribution in [0.15, 0.2) is 24.3 Å². The standard InChI is InChI=1S/C22H32N4O2.ClH/c27-21(26-12-9-18-6-1-2-7-19(18)15-26)16-25-11-4-5-17(14-25)13-24-22(28)20-8-3-10-23-20;/h1-2,6-7,17,20,23H,3-5,8-16H2,(H,24,28);1H. The quantitative estimate of drug-likeness (QED) is 0.759. The lowest BCUT2D eigenvalue weighted by Crippen LogP contribution is -2.48. The van der Waals surface area contributed by atoms with Crippen molar-refractivity contribution in [2.45, 2.75) is 44.7 Å². The molecule has 2 saturated heterocycles. The number of amides is 2. The minimum Gasteiger partial charge on any atom is -0.354 e. The van der Waals surface area contributed by atoms with Gasteiger partial charge in [0, 0.05) is 26.2 Å².